The first-order valence-electron chi connectivity index (χ1n) is 7.50. The maximum Gasteiger partial charge on any atom is 0.290 e. The third kappa shape index (κ3) is 3.16. The van der Waals surface area contributed by atoms with E-state index in [9.17, 15) is 4.79 Å². The summed E-state index contributed by atoms with van der Waals surface area (Å²) in [6.07, 6.45) is 3.12. The molecule has 8 nitrogen and oxygen atoms in total. The second kappa shape index (κ2) is 6.33. The van der Waals surface area contributed by atoms with E-state index in [0.29, 0.717) is 31.3 Å². The van der Waals surface area contributed by atoms with Gasteiger partial charge in [0.2, 0.25) is 0 Å². The van der Waals surface area contributed by atoms with Gasteiger partial charge in [-0.2, -0.15) is 0 Å². The lowest BCUT2D eigenvalue weighted by molar-refractivity contribution is -0.0253. The number of ether oxygens (including phenoxy) is 1. The Morgan fingerprint density at radius 2 is 2.26 bits per heavy atom. The maximum absolute atomic E-state index is 12.6. The zero-order chi connectivity index (χ0) is 16.4. The molecule has 0 bridgehead atoms. The Morgan fingerprint density at radius 1 is 1.43 bits per heavy atom. The van der Waals surface area contributed by atoms with E-state index in [4.69, 9.17) is 4.74 Å². The number of rotatable bonds is 3. The smallest absolute Gasteiger partial charge is 0.290 e. The molecule has 3 rings (SSSR count). The SMILES string of the molecule is CNc1cc([C@@H]2CN(C(=O)c3nccn3C)CCO2)nc(C)n1. The largest absolute Gasteiger partial charge is 0.373 e. The van der Waals surface area contributed by atoms with Gasteiger partial charge in [0.05, 0.1) is 18.8 Å². The first kappa shape index (κ1) is 15.4. The minimum absolute atomic E-state index is 0.0922. The summed E-state index contributed by atoms with van der Waals surface area (Å²) in [5.41, 5.74) is 0.777. The molecular formula is C15H20N6O2. The van der Waals surface area contributed by atoms with Gasteiger partial charge in [-0.1, -0.05) is 0 Å². The van der Waals surface area contributed by atoms with Crippen molar-refractivity contribution in [3.05, 3.63) is 35.8 Å². The van der Waals surface area contributed by atoms with Crippen molar-refractivity contribution in [3.8, 4) is 0 Å². The van der Waals surface area contributed by atoms with Crippen LogP contribution in [-0.4, -0.2) is 57.1 Å². The standard InChI is InChI=1S/C15H20N6O2/c1-10-18-11(8-13(16-2)19-10)12-9-21(6-7-23-12)15(22)14-17-4-5-20(14)3/h4-5,8,12H,6-7,9H2,1-3H3,(H,16,18,19)/t12-/m0/s1. The van der Waals surface area contributed by atoms with Crippen LogP contribution in [0.3, 0.4) is 0 Å². The summed E-state index contributed by atoms with van der Waals surface area (Å²) in [6, 6.07) is 1.85. The summed E-state index contributed by atoms with van der Waals surface area (Å²) in [6.45, 7) is 3.30. The molecule has 0 spiro atoms. The van der Waals surface area contributed by atoms with Gasteiger partial charge in [0.1, 0.15) is 17.7 Å². The Morgan fingerprint density at radius 3 is 2.96 bits per heavy atom. The van der Waals surface area contributed by atoms with E-state index in [1.165, 1.54) is 0 Å². The van der Waals surface area contributed by atoms with E-state index in [1.54, 1.807) is 21.9 Å². The van der Waals surface area contributed by atoms with Crippen LogP contribution >= 0.6 is 0 Å². The molecule has 122 valence electrons. The molecule has 0 unspecified atom stereocenters. The maximum atomic E-state index is 12.6. The lowest BCUT2D eigenvalue weighted by atomic mass is 10.2. The first-order chi connectivity index (χ1) is 11.1. The molecule has 1 atom stereocenters. The van der Waals surface area contributed by atoms with Gasteiger partial charge in [-0.05, 0) is 6.92 Å². The fourth-order valence-electron chi connectivity index (χ4n) is 2.61. The van der Waals surface area contributed by atoms with Crippen LogP contribution in [0.15, 0.2) is 18.5 Å². The number of carbonyl (C=O) groups excluding carboxylic acids is 1. The van der Waals surface area contributed by atoms with E-state index < -0.39 is 0 Å². The summed E-state index contributed by atoms with van der Waals surface area (Å²) in [5, 5.41) is 3.01. The molecule has 0 aromatic carbocycles. The zero-order valence-corrected chi connectivity index (χ0v) is 13.5. The molecule has 1 N–H and O–H groups in total. The predicted molar refractivity (Wildman–Crippen MR) is 84.1 cm³/mol. The number of aryl methyl sites for hydroxylation is 2. The van der Waals surface area contributed by atoms with E-state index in [0.717, 1.165) is 11.5 Å². The lowest BCUT2D eigenvalue weighted by Crippen LogP contribution is -2.43. The van der Waals surface area contributed by atoms with Crippen molar-refractivity contribution in [3.63, 3.8) is 0 Å². The summed E-state index contributed by atoms with van der Waals surface area (Å²) in [7, 11) is 3.62. The van der Waals surface area contributed by atoms with Gasteiger partial charge in [-0.15, -0.1) is 0 Å². The molecular weight excluding hydrogens is 296 g/mol. The highest BCUT2D eigenvalue weighted by molar-refractivity contribution is 5.90. The normalized spacial score (nSPS) is 18.0. The van der Waals surface area contributed by atoms with Crippen molar-refractivity contribution in [2.75, 3.05) is 32.1 Å². The number of hydrogen-bond acceptors (Lipinski definition) is 6. The Kier molecular flexibility index (Phi) is 4.24. The van der Waals surface area contributed by atoms with Gasteiger partial charge >= 0.3 is 0 Å². The van der Waals surface area contributed by atoms with Gasteiger partial charge in [0, 0.05) is 39.1 Å². The van der Waals surface area contributed by atoms with E-state index in [1.807, 2.05) is 27.1 Å². The average Bonchev–Trinajstić information content (AvgIpc) is 2.99. The number of anilines is 1. The van der Waals surface area contributed by atoms with Crippen molar-refractivity contribution >= 4 is 11.7 Å². The molecule has 3 heterocycles. The van der Waals surface area contributed by atoms with Crippen molar-refractivity contribution in [1.82, 2.24) is 24.4 Å². The minimum Gasteiger partial charge on any atom is -0.373 e. The highest BCUT2D eigenvalue weighted by Gasteiger charge is 2.29. The number of hydrogen-bond donors (Lipinski definition) is 1. The van der Waals surface area contributed by atoms with Crippen LogP contribution in [-0.2, 0) is 11.8 Å². The van der Waals surface area contributed by atoms with E-state index in [2.05, 4.69) is 20.3 Å². The van der Waals surface area contributed by atoms with Crippen molar-refractivity contribution in [2.24, 2.45) is 7.05 Å². The molecule has 1 amide bonds. The number of aromatic nitrogens is 4. The summed E-state index contributed by atoms with van der Waals surface area (Å²) >= 11 is 0. The second-order valence-corrected chi connectivity index (χ2v) is 5.45. The Bertz CT molecular complexity index is 714. The van der Waals surface area contributed by atoms with Crippen molar-refractivity contribution in [2.45, 2.75) is 13.0 Å². The molecule has 0 radical (unpaired) electrons. The molecule has 2 aromatic rings. The highest BCUT2D eigenvalue weighted by atomic mass is 16.5. The summed E-state index contributed by atoms with van der Waals surface area (Å²) in [4.78, 5) is 27.2. The van der Waals surface area contributed by atoms with Gasteiger partial charge < -0.3 is 19.5 Å². The number of imidazole rings is 1. The molecule has 1 fully saturated rings. The van der Waals surface area contributed by atoms with Crippen molar-refractivity contribution in [1.29, 1.82) is 0 Å². The van der Waals surface area contributed by atoms with Crippen LogP contribution in [0.25, 0.3) is 0 Å². The van der Waals surface area contributed by atoms with E-state index in [-0.39, 0.29) is 12.0 Å². The molecule has 2 aromatic heterocycles. The van der Waals surface area contributed by atoms with Crippen LogP contribution in [0.4, 0.5) is 5.82 Å². The Hall–Kier alpha value is -2.48. The van der Waals surface area contributed by atoms with Gasteiger partial charge in [0.15, 0.2) is 5.82 Å². The first-order valence-corrected chi connectivity index (χ1v) is 7.50. The summed E-state index contributed by atoms with van der Waals surface area (Å²) in [5.74, 6) is 1.75. The third-order valence-corrected chi connectivity index (χ3v) is 3.81. The molecule has 0 aliphatic carbocycles. The molecule has 8 heteroatoms. The topological polar surface area (TPSA) is 85.2 Å². The number of morpholine rings is 1. The predicted octanol–water partition coefficient (Wildman–Crippen LogP) is 0.774. The molecule has 23 heavy (non-hydrogen) atoms. The Labute approximate surface area is 134 Å². The summed E-state index contributed by atoms with van der Waals surface area (Å²) < 4.78 is 7.53. The van der Waals surface area contributed by atoms with E-state index >= 15 is 0 Å². The molecule has 0 saturated carbocycles. The Balaban J connectivity index is 1.80. The van der Waals surface area contributed by atoms with Gasteiger partial charge in [0.25, 0.3) is 5.91 Å². The number of carbonyl (C=O) groups is 1. The average molecular weight is 316 g/mol. The van der Waals surface area contributed by atoms with Gasteiger partial charge in [-0.25, -0.2) is 15.0 Å². The molecule has 1 aliphatic rings. The van der Waals surface area contributed by atoms with Crippen LogP contribution in [0.2, 0.25) is 0 Å². The lowest BCUT2D eigenvalue weighted by Gasteiger charge is -2.32. The van der Waals surface area contributed by atoms with Crippen LogP contribution in [0.5, 0.6) is 0 Å². The molecule has 1 saturated heterocycles. The molecule has 1 aliphatic heterocycles. The fourth-order valence-corrected chi connectivity index (χ4v) is 2.61. The monoisotopic (exact) mass is 316 g/mol. The third-order valence-electron chi connectivity index (χ3n) is 3.81. The highest BCUT2D eigenvalue weighted by Crippen LogP contribution is 2.23. The van der Waals surface area contributed by atoms with Gasteiger partial charge in [-0.3, -0.25) is 4.79 Å². The zero-order valence-electron chi connectivity index (χ0n) is 13.5. The number of nitrogens with one attached hydrogen (secondary N) is 1. The van der Waals surface area contributed by atoms with Crippen LogP contribution < -0.4 is 5.32 Å². The van der Waals surface area contributed by atoms with Crippen LogP contribution in [0, 0.1) is 6.92 Å². The fraction of sp³-hybridized carbons (Fsp3) is 0.467. The van der Waals surface area contributed by atoms with Crippen molar-refractivity contribution < 1.29 is 9.53 Å². The number of nitrogens with zero attached hydrogens (tertiary/aromatic N) is 5. The van der Waals surface area contributed by atoms with Crippen LogP contribution in [0.1, 0.15) is 28.2 Å². The minimum atomic E-state index is -0.262. The second-order valence-electron chi connectivity index (χ2n) is 5.45. The number of amides is 1. The quantitative estimate of drug-likeness (QED) is 0.900.